The van der Waals surface area contributed by atoms with Crippen molar-refractivity contribution < 1.29 is 13.9 Å². The van der Waals surface area contributed by atoms with E-state index in [0.29, 0.717) is 16.9 Å². The van der Waals surface area contributed by atoms with Crippen molar-refractivity contribution in [1.82, 2.24) is 0 Å². The fourth-order valence-electron chi connectivity index (χ4n) is 1.88. The first kappa shape index (κ1) is 13.9. The van der Waals surface area contributed by atoms with Crippen molar-refractivity contribution in [2.75, 3.05) is 18.2 Å². The number of nitrogens with one attached hydrogen (secondary N) is 1. The van der Waals surface area contributed by atoms with E-state index in [1.165, 1.54) is 25.3 Å². The van der Waals surface area contributed by atoms with Crippen molar-refractivity contribution in [3.63, 3.8) is 0 Å². The van der Waals surface area contributed by atoms with E-state index in [-0.39, 0.29) is 11.7 Å². The predicted octanol–water partition coefficient (Wildman–Crippen LogP) is 2.98. The minimum Gasteiger partial charge on any atom is -0.494 e. The van der Waals surface area contributed by atoms with Crippen molar-refractivity contribution in [3.05, 3.63) is 53.3 Å². The fraction of sp³-hybridized carbons (Fsp3) is 0.133. The van der Waals surface area contributed by atoms with Gasteiger partial charge in [0.15, 0.2) is 11.6 Å². The van der Waals surface area contributed by atoms with Crippen molar-refractivity contribution in [1.29, 1.82) is 0 Å². The summed E-state index contributed by atoms with van der Waals surface area (Å²) in [4.78, 5) is 12.1. The van der Waals surface area contributed by atoms with E-state index in [9.17, 15) is 9.18 Å². The van der Waals surface area contributed by atoms with E-state index < -0.39 is 5.82 Å². The molecule has 0 aromatic heterocycles. The van der Waals surface area contributed by atoms with E-state index in [1.54, 1.807) is 18.2 Å². The highest BCUT2D eigenvalue weighted by Crippen LogP contribution is 2.22. The molecular formula is C15H15FN2O2. The van der Waals surface area contributed by atoms with Crippen LogP contribution in [0.4, 0.5) is 15.8 Å². The number of hydrogen-bond acceptors (Lipinski definition) is 3. The summed E-state index contributed by atoms with van der Waals surface area (Å²) < 4.78 is 18.1. The van der Waals surface area contributed by atoms with E-state index >= 15 is 0 Å². The average Bonchev–Trinajstić information content (AvgIpc) is 2.39. The van der Waals surface area contributed by atoms with Crippen LogP contribution >= 0.6 is 0 Å². The van der Waals surface area contributed by atoms with Gasteiger partial charge in [0.25, 0.3) is 5.91 Å². The van der Waals surface area contributed by atoms with Crippen LogP contribution in [0, 0.1) is 12.7 Å². The van der Waals surface area contributed by atoms with Gasteiger partial charge in [-0.15, -0.1) is 0 Å². The number of benzene rings is 2. The van der Waals surface area contributed by atoms with Gasteiger partial charge in [0.2, 0.25) is 0 Å². The second kappa shape index (κ2) is 5.61. The number of carbonyl (C=O) groups is 1. The maximum Gasteiger partial charge on any atom is 0.255 e. The van der Waals surface area contributed by atoms with Gasteiger partial charge in [-0.3, -0.25) is 4.79 Å². The highest BCUT2D eigenvalue weighted by molar-refractivity contribution is 6.05. The Morgan fingerprint density at radius 2 is 2.00 bits per heavy atom. The number of rotatable bonds is 3. The van der Waals surface area contributed by atoms with Crippen molar-refractivity contribution in [2.45, 2.75) is 6.92 Å². The van der Waals surface area contributed by atoms with E-state index in [0.717, 1.165) is 5.56 Å². The highest BCUT2D eigenvalue weighted by Gasteiger charge is 2.09. The molecule has 0 saturated carbocycles. The van der Waals surface area contributed by atoms with Gasteiger partial charge in [0.05, 0.1) is 7.11 Å². The predicted molar refractivity (Wildman–Crippen MR) is 76.5 cm³/mol. The first-order valence-electron chi connectivity index (χ1n) is 6.01. The van der Waals surface area contributed by atoms with Gasteiger partial charge in [0, 0.05) is 23.0 Å². The smallest absolute Gasteiger partial charge is 0.255 e. The van der Waals surface area contributed by atoms with Crippen LogP contribution in [-0.2, 0) is 0 Å². The Kier molecular flexibility index (Phi) is 3.89. The molecule has 0 bridgehead atoms. The topological polar surface area (TPSA) is 64.3 Å². The number of amides is 1. The van der Waals surface area contributed by atoms with Crippen LogP contribution in [0.3, 0.4) is 0 Å². The number of carbonyl (C=O) groups excluding carboxylic acids is 1. The molecule has 104 valence electrons. The molecule has 0 heterocycles. The summed E-state index contributed by atoms with van der Waals surface area (Å²) in [6, 6.07) is 9.22. The lowest BCUT2D eigenvalue weighted by molar-refractivity contribution is 0.102. The summed E-state index contributed by atoms with van der Waals surface area (Å²) in [5.41, 5.74) is 8.02. The Bertz CT molecular complexity index is 636. The van der Waals surface area contributed by atoms with Gasteiger partial charge in [-0.1, -0.05) is 0 Å². The van der Waals surface area contributed by atoms with Gasteiger partial charge >= 0.3 is 0 Å². The number of anilines is 2. The summed E-state index contributed by atoms with van der Waals surface area (Å²) in [7, 11) is 1.37. The molecule has 20 heavy (non-hydrogen) atoms. The van der Waals surface area contributed by atoms with Gasteiger partial charge < -0.3 is 15.8 Å². The Balaban J connectivity index is 2.23. The summed E-state index contributed by atoms with van der Waals surface area (Å²) in [5.74, 6) is -0.717. The molecule has 1 amide bonds. The Labute approximate surface area is 116 Å². The first-order chi connectivity index (χ1) is 9.49. The number of methoxy groups -OCH3 is 1. The standard InChI is InChI=1S/C15H15FN2O2/c1-9-5-10(7-11(17)6-9)15(19)18-12-3-4-13(16)14(8-12)20-2/h3-8H,17H2,1-2H3,(H,18,19). The lowest BCUT2D eigenvalue weighted by Gasteiger charge is -2.09. The molecule has 0 saturated heterocycles. The minimum atomic E-state index is -0.481. The Hall–Kier alpha value is -2.56. The molecule has 0 radical (unpaired) electrons. The summed E-state index contributed by atoms with van der Waals surface area (Å²) in [6.45, 7) is 1.86. The minimum absolute atomic E-state index is 0.0755. The normalized spacial score (nSPS) is 10.2. The molecule has 5 heteroatoms. The van der Waals surface area contributed by atoms with Crippen molar-refractivity contribution in [3.8, 4) is 5.75 Å². The second-order valence-electron chi connectivity index (χ2n) is 4.44. The average molecular weight is 274 g/mol. The molecule has 2 rings (SSSR count). The first-order valence-corrected chi connectivity index (χ1v) is 6.01. The molecule has 0 unspecified atom stereocenters. The van der Waals surface area contributed by atoms with Crippen LogP contribution in [0.15, 0.2) is 36.4 Å². The van der Waals surface area contributed by atoms with Crippen LogP contribution in [0.2, 0.25) is 0 Å². The molecular weight excluding hydrogens is 259 g/mol. The van der Waals surface area contributed by atoms with Gasteiger partial charge in [-0.25, -0.2) is 4.39 Å². The van der Waals surface area contributed by atoms with Crippen LogP contribution in [-0.4, -0.2) is 13.0 Å². The van der Waals surface area contributed by atoms with Crippen molar-refractivity contribution in [2.24, 2.45) is 0 Å². The monoisotopic (exact) mass is 274 g/mol. The number of aryl methyl sites for hydroxylation is 1. The quantitative estimate of drug-likeness (QED) is 0.846. The largest absolute Gasteiger partial charge is 0.494 e. The molecule has 2 aromatic carbocycles. The molecule has 2 aromatic rings. The highest BCUT2D eigenvalue weighted by atomic mass is 19.1. The van der Waals surface area contributed by atoms with E-state index in [4.69, 9.17) is 10.5 Å². The third kappa shape index (κ3) is 3.06. The van der Waals surface area contributed by atoms with Gasteiger partial charge in [-0.2, -0.15) is 0 Å². The molecule has 0 atom stereocenters. The maximum absolute atomic E-state index is 13.3. The number of hydrogen-bond donors (Lipinski definition) is 2. The summed E-state index contributed by atoms with van der Waals surface area (Å²) >= 11 is 0. The number of ether oxygens (including phenoxy) is 1. The van der Waals surface area contributed by atoms with Crippen molar-refractivity contribution >= 4 is 17.3 Å². The fourth-order valence-corrected chi connectivity index (χ4v) is 1.88. The van der Waals surface area contributed by atoms with Crippen LogP contribution in [0.1, 0.15) is 15.9 Å². The SMILES string of the molecule is COc1cc(NC(=O)c2cc(C)cc(N)c2)ccc1F. The Morgan fingerprint density at radius 1 is 1.25 bits per heavy atom. The molecule has 0 fully saturated rings. The number of halogens is 1. The molecule has 0 aliphatic heterocycles. The van der Waals surface area contributed by atoms with Crippen LogP contribution < -0.4 is 15.8 Å². The zero-order chi connectivity index (χ0) is 14.7. The zero-order valence-electron chi connectivity index (χ0n) is 11.2. The number of nitrogens with two attached hydrogens (primary N) is 1. The third-order valence-corrected chi connectivity index (χ3v) is 2.77. The molecule has 0 aliphatic carbocycles. The second-order valence-corrected chi connectivity index (χ2v) is 4.44. The molecule has 0 aliphatic rings. The Morgan fingerprint density at radius 3 is 2.65 bits per heavy atom. The lowest BCUT2D eigenvalue weighted by atomic mass is 10.1. The summed E-state index contributed by atoms with van der Waals surface area (Å²) in [5, 5.41) is 2.67. The van der Waals surface area contributed by atoms with E-state index in [2.05, 4.69) is 5.32 Å². The molecule has 3 N–H and O–H groups in total. The number of nitrogen functional groups attached to an aromatic ring is 1. The van der Waals surface area contributed by atoms with Crippen LogP contribution in [0.5, 0.6) is 5.75 Å². The van der Waals surface area contributed by atoms with Gasteiger partial charge in [0.1, 0.15) is 0 Å². The van der Waals surface area contributed by atoms with E-state index in [1.807, 2.05) is 6.92 Å². The lowest BCUT2D eigenvalue weighted by Crippen LogP contribution is -2.12. The zero-order valence-corrected chi connectivity index (χ0v) is 11.2. The molecule has 0 spiro atoms. The molecule has 4 nitrogen and oxygen atoms in total. The van der Waals surface area contributed by atoms with Crippen LogP contribution in [0.25, 0.3) is 0 Å². The third-order valence-electron chi connectivity index (χ3n) is 2.77. The summed E-state index contributed by atoms with van der Waals surface area (Å²) in [6.07, 6.45) is 0. The maximum atomic E-state index is 13.3. The van der Waals surface area contributed by atoms with Gasteiger partial charge in [-0.05, 0) is 42.8 Å².